The number of hydrogen-bond acceptors (Lipinski definition) is 1. The lowest BCUT2D eigenvalue weighted by Gasteiger charge is -2.21. The SMILES string of the molecule is CCCCC(C)(C)CC(=O)Cl. The van der Waals surface area contributed by atoms with Crippen LogP contribution in [0.5, 0.6) is 0 Å². The topological polar surface area (TPSA) is 17.1 Å². The molecule has 2 heteroatoms. The highest BCUT2D eigenvalue weighted by atomic mass is 35.5. The highest BCUT2D eigenvalue weighted by Gasteiger charge is 2.19. The van der Waals surface area contributed by atoms with E-state index < -0.39 is 0 Å². The maximum absolute atomic E-state index is 10.6. The van der Waals surface area contributed by atoms with E-state index in [4.69, 9.17) is 11.6 Å². The van der Waals surface area contributed by atoms with E-state index in [0.29, 0.717) is 6.42 Å². The molecular weight excluding hydrogens is 160 g/mol. The van der Waals surface area contributed by atoms with Crippen molar-refractivity contribution in [2.24, 2.45) is 5.41 Å². The average Bonchev–Trinajstić information content (AvgIpc) is 1.81. The van der Waals surface area contributed by atoms with Gasteiger partial charge in [0.1, 0.15) is 0 Å². The van der Waals surface area contributed by atoms with Crippen LogP contribution in [-0.4, -0.2) is 5.24 Å². The van der Waals surface area contributed by atoms with Gasteiger partial charge in [0.25, 0.3) is 0 Å². The van der Waals surface area contributed by atoms with E-state index in [1.165, 1.54) is 12.8 Å². The summed E-state index contributed by atoms with van der Waals surface area (Å²) in [6, 6.07) is 0. The van der Waals surface area contributed by atoms with Crippen LogP contribution in [0.3, 0.4) is 0 Å². The summed E-state index contributed by atoms with van der Waals surface area (Å²) in [7, 11) is 0. The van der Waals surface area contributed by atoms with Crippen LogP contribution in [0.25, 0.3) is 0 Å². The molecule has 0 radical (unpaired) electrons. The summed E-state index contributed by atoms with van der Waals surface area (Å²) in [4.78, 5) is 10.6. The first-order valence-electron chi connectivity index (χ1n) is 4.16. The Balaban J connectivity index is 3.70. The number of rotatable bonds is 5. The van der Waals surface area contributed by atoms with Crippen LogP contribution >= 0.6 is 11.6 Å². The molecule has 0 saturated carbocycles. The lowest BCUT2D eigenvalue weighted by atomic mass is 9.84. The van der Waals surface area contributed by atoms with Crippen LogP contribution in [0.1, 0.15) is 46.5 Å². The molecule has 66 valence electrons. The minimum atomic E-state index is -0.217. The first-order chi connectivity index (χ1) is 4.98. The fourth-order valence-electron chi connectivity index (χ4n) is 1.12. The molecule has 0 rings (SSSR count). The molecule has 0 aliphatic carbocycles. The number of carbonyl (C=O) groups is 1. The quantitative estimate of drug-likeness (QED) is 0.588. The van der Waals surface area contributed by atoms with Crippen molar-refractivity contribution in [1.82, 2.24) is 0 Å². The standard InChI is InChI=1S/C9H17ClO/c1-4-5-6-9(2,3)7-8(10)11/h4-7H2,1-3H3. The lowest BCUT2D eigenvalue weighted by Crippen LogP contribution is -2.14. The second kappa shape index (κ2) is 4.76. The van der Waals surface area contributed by atoms with Gasteiger partial charge in [-0.25, -0.2) is 0 Å². The van der Waals surface area contributed by atoms with Crippen LogP contribution < -0.4 is 0 Å². The van der Waals surface area contributed by atoms with Gasteiger partial charge in [0, 0.05) is 6.42 Å². The van der Waals surface area contributed by atoms with Crippen molar-refractivity contribution in [2.45, 2.75) is 46.5 Å². The number of hydrogen-bond donors (Lipinski definition) is 0. The third-order valence-electron chi connectivity index (χ3n) is 1.82. The van der Waals surface area contributed by atoms with Crippen molar-refractivity contribution in [3.05, 3.63) is 0 Å². The monoisotopic (exact) mass is 176 g/mol. The van der Waals surface area contributed by atoms with Gasteiger partial charge in [-0.2, -0.15) is 0 Å². The van der Waals surface area contributed by atoms with Gasteiger partial charge in [-0.1, -0.05) is 33.6 Å². The molecule has 0 atom stereocenters. The van der Waals surface area contributed by atoms with Gasteiger partial charge < -0.3 is 0 Å². The maximum Gasteiger partial charge on any atom is 0.222 e. The Kier molecular flexibility index (Phi) is 4.74. The van der Waals surface area contributed by atoms with Crippen LogP contribution in [0.4, 0.5) is 0 Å². The van der Waals surface area contributed by atoms with Crippen molar-refractivity contribution < 1.29 is 4.79 Å². The Hall–Kier alpha value is -0.0400. The van der Waals surface area contributed by atoms with E-state index >= 15 is 0 Å². The summed E-state index contributed by atoms with van der Waals surface area (Å²) in [6.45, 7) is 6.32. The fraction of sp³-hybridized carbons (Fsp3) is 0.889. The second-order valence-electron chi connectivity index (χ2n) is 3.80. The normalized spacial score (nSPS) is 11.6. The Morgan fingerprint density at radius 1 is 1.45 bits per heavy atom. The molecule has 0 bridgehead atoms. The van der Waals surface area contributed by atoms with Gasteiger partial charge in [0.05, 0.1) is 0 Å². The maximum atomic E-state index is 10.6. The van der Waals surface area contributed by atoms with Gasteiger partial charge >= 0.3 is 0 Å². The molecular formula is C9H17ClO. The summed E-state index contributed by atoms with van der Waals surface area (Å²) < 4.78 is 0. The summed E-state index contributed by atoms with van der Waals surface area (Å²) in [6.07, 6.45) is 3.94. The van der Waals surface area contributed by atoms with Crippen LogP contribution in [0.2, 0.25) is 0 Å². The lowest BCUT2D eigenvalue weighted by molar-refractivity contribution is -0.113. The van der Waals surface area contributed by atoms with Crippen molar-refractivity contribution >= 4 is 16.8 Å². The summed E-state index contributed by atoms with van der Waals surface area (Å²) in [5.41, 5.74) is 0.0921. The molecule has 0 heterocycles. The molecule has 0 unspecified atom stereocenters. The van der Waals surface area contributed by atoms with Gasteiger partial charge in [-0.15, -0.1) is 0 Å². The van der Waals surface area contributed by atoms with Crippen LogP contribution in [0, 0.1) is 5.41 Å². The molecule has 0 aromatic carbocycles. The molecule has 1 nitrogen and oxygen atoms in total. The zero-order valence-electron chi connectivity index (χ0n) is 7.61. The third kappa shape index (κ3) is 6.36. The Morgan fingerprint density at radius 3 is 2.36 bits per heavy atom. The minimum absolute atomic E-state index is 0.0921. The molecule has 0 saturated heterocycles. The highest BCUT2D eigenvalue weighted by molar-refractivity contribution is 6.63. The Labute approximate surface area is 74.1 Å². The zero-order chi connectivity index (χ0) is 8.91. The fourth-order valence-corrected chi connectivity index (χ4v) is 1.48. The van der Waals surface area contributed by atoms with E-state index in [9.17, 15) is 4.79 Å². The predicted molar refractivity (Wildman–Crippen MR) is 48.8 cm³/mol. The van der Waals surface area contributed by atoms with Gasteiger partial charge in [0.2, 0.25) is 5.24 Å². The second-order valence-corrected chi connectivity index (χ2v) is 4.22. The number of halogens is 1. The van der Waals surface area contributed by atoms with E-state index in [1.54, 1.807) is 0 Å². The van der Waals surface area contributed by atoms with Crippen molar-refractivity contribution in [3.63, 3.8) is 0 Å². The minimum Gasteiger partial charge on any atom is -0.281 e. The summed E-state index contributed by atoms with van der Waals surface area (Å²) >= 11 is 5.30. The molecule has 0 spiro atoms. The van der Waals surface area contributed by atoms with E-state index in [-0.39, 0.29) is 10.7 Å². The molecule has 0 fully saturated rings. The number of unbranched alkanes of at least 4 members (excludes halogenated alkanes) is 1. The molecule has 0 aliphatic heterocycles. The third-order valence-corrected chi connectivity index (χ3v) is 1.96. The largest absolute Gasteiger partial charge is 0.281 e. The van der Waals surface area contributed by atoms with Crippen molar-refractivity contribution in [1.29, 1.82) is 0 Å². The molecule has 0 aromatic rings. The Morgan fingerprint density at radius 2 is 2.00 bits per heavy atom. The van der Waals surface area contributed by atoms with Crippen LogP contribution in [0.15, 0.2) is 0 Å². The highest BCUT2D eigenvalue weighted by Crippen LogP contribution is 2.28. The van der Waals surface area contributed by atoms with Gasteiger partial charge in [-0.05, 0) is 23.4 Å². The van der Waals surface area contributed by atoms with E-state index in [1.807, 2.05) is 0 Å². The Bertz CT molecular complexity index is 130. The van der Waals surface area contributed by atoms with Crippen LogP contribution in [-0.2, 0) is 4.79 Å². The summed E-state index contributed by atoms with van der Waals surface area (Å²) in [5.74, 6) is 0. The van der Waals surface area contributed by atoms with Crippen molar-refractivity contribution in [2.75, 3.05) is 0 Å². The first-order valence-corrected chi connectivity index (χ1v) is 4.54. The molecule has 11 heavy (non-hydrogen) atoms. The van der Waals surface area contributed by atoms with E-state index in [0.717, 1.165) is 6.42 Å². The molecule has 0 aromatic heterocycles. The smallest absolute Gasteiger partial charge is 0.222 e. The predicted octanol–water partition coefficient (Wildman–Crippen LogP) is 3.36. The average molecular weight is 177 g/mol. The molecule has 0 N–H and O–H groups in total. The zero-order valence-corrected chi connectivity index (χ0v) is 8.37. The van der Waals surface area contributed by atoms with Crippen molar-refractivity contribution in [3.8, 4) is 0 Å². The first kappa shape index (κ1) is 11.0. The van der Waals surface area contributed by atoms with E-state index in [2.05, 4.69) is 20.8 Å². The summed E-state index contributed by atoms with van der Waals surface area (Å²) in [5, 5.41) is -0.217. The number of carbonyl (C=O) groups excluding carboxylic acids is 1. The van der Waals surface area contributed by atoms with Gasteiger partial charge in [-0.3, -0.25) is 4.79 Å². The molecule has 0 amide bonds. The molecule has 0 aliphatic rings. The van der Waals surface area contributed by atoms with Gasteiger partial charge in [0.15, 0.2) is 0 Å².